The van der Waals surface area contributed by atoms with Crippen molar-refractivity contribution >= 4 is 34.7 Å². The van der Waals surface area contributed by atoms with Crippen LogP contribution in [0.5, 0.6) is 5.75 Å². The number of aromatic carboxylic acids is 1. The molecule has 1 aromatic carbocycles. The Morgan fingerprint density at radius 2 is 2.00 bits per heavy atom. The van der Waals surface area contributed by atoms with E-state index in [1.807, 2.05) is 34.9 Å². The van der Waals surface area contributed by atoms with Gasteiger partial charge in [0.05, 0.1) is 12.8 Å². The van der Waals surface area contributed by atoms with E-state index >= 15 is 0 Å². The summed E-state index contributed by atoms with van der Waals surface area (Å²) in [5.74, 6) is -0.122. The lowest BCUT2D eigenvalue weighted by molar-refractivity contribution is 0.0701. The molecule has 0 saturated heterocycles. The zero-order valence-electron chi connectivity index (χ0n) is 11.4. The number of carboxylic acid groups (broad SMARTS) is 1. The van der Waals surface area contributed by atoms with Crippen molar-refractivity contribution in [1.29, 1.82) is 0 Å². The van der Waals surface area contributed by atoms with Crippen molar-refractivity contribution in [2.75, 3.05) is 7.11 Å². The first-order chi connectivity index (χ1) is 9.60. The number of carboxylic acids is 1. The molecule has 0 aliphatic rings. The van der Waals surface area contributed by atoms with Crippen LogP contribution in [0.25, 0.3) is 16.2 Å². The monoisotopic (exact) mass is 324 g/mol. The van der Waals surface area contributed by atoms with Gasteiger partial charge >= 0.3 is 5.97 Å². The highest BCUT2D eigenvalue weighted by atomic mass is 35.5. The van der Waals surface area contributed by atoms with E-state index in [4.69, 9.17) is 9.84 Å². The number of carbonyl (C=O) groups is 1. The molecule has 5 nitrogen and oxygen atoms in total. The van der Waals surface area contributed by atoms with Gasteiger partial charge in [-0.3, -0.25) is 4.40 Å². The van der Waals surface area contributed by atoms with Crippen molar-refractivity contribution in [3.05, 3.63) is 41.0 Å². The zero-order valence-corrected chi connectivity index (χ0v) is 13.0. The van der Waals surface area contributed by atoms with E-state index in [0.29, 0.717) is 15.5 Å². The molecular formula is C14H13ClN2O3S. The number of nitrogens with zero attached hydrogens (tertiary/aromatic N) is 2. The third-order valence-corrected chi connectivity index (χ3v) is 4.28. The molecule has 0 spiro atoms. The number of rotatable bonds is 3. The van der Waals surface area contributed by atoms with Gasteiger partial charge in [-0.2, -0.15) is 0 Å². The minimum atomic E-state index is -0.913. The van der Waals surface area contributed by atoms with Gasteiger partial charge in [-0.25, -0.2) is 9.78 Å². The predicted octanol–water partition coefficient (Wildman–Crippen LogP) is 3.50. The third kappa shape index (κ3) is 2.59. The Morgan fingerprint density at radius 3 is 2.52 bits per heavy atom. The first-order valence-corrected chi connectivity index (χ1v) is 6.78. The topological polar surface area (TPSA) is 63.8 Å². The highest BCUT2D eigenvalue weighted by Gasteiger charge is 2.17. The molecule has 0 radical (unpaired) electrons. The Hall–Kier alpha value is -2.05. The fourth-order valence-corrected chi connectivity index (χ4v) is 3.00. The summed E-state index contributed by atoms with van der Waals surface area (Å²) >= 11 is 1.18. The molecule has 0 bridgehead atoms. The lowest BCUT2D eigenvalue weighted by Crippen LogP contribution is -1.96. The first kappa shape index (κ1) is 15.3. The van der Waals surface area contributed by atoms with Crippen LogP contribution in [0, 0.1) is 6.92 Å². The predicted molar refractivity (Wildman–Crippen MR) is 84.0 cm³/mol. The lowest BCUT2D eigenvalue weighted by Gasteiger charge is -2.00. The van der Waals surface area contributed by atoms with Gasteiger partial charge < -0.3 is 9.84 Å². The summed E-state index contributed by atoms with van der Waals surface area (Å²) in [5, 5.41) is 9.08. The quantitative estimate of drug-likeness (QED) is 0.801. The lowest BCUT2D eigenvalue weighted by atomic mass is 10.2. The van der Waals surface area contributed by atoms with E-state index in [1.54, 1.807) is 14.0 Å². The maximum Gasteiger partial charge on any atom is 0.347 e. The maximum absolute atomic E-state index is 11.1. The van der Waals surface area contributed by atoms with E-state index in [9.17, 15) is 4.79 Å². The Labute approximate surface area is 131 Å². The number of benzene rings is 1. The van der Waals surface area contributed by atoms with Crippen molar-refractivity contribution < 1.29 is 14.6 Å². The molecule has 3 aromatic rings. The summed E-state index contributed by atoms with van der Waals surface area (Å²) < 4.78 is 6.93. The number of methoxy groups -OCH3 is 1. The number of hydrogen-bond acceptors (Lipinski definition) is 4. The fourth-order valence-electron chi connectivity index (χ4n) is 2.05. The second-order valence-corrected chi connectivity index (χ2v) is 5.31. The summed E-state index contributed by atoms with van der Waals surface area (Å²) in [6.07, 6.45) is 1.86. The number of halogens is 1. The molecule has 2 aromatic heterocycles. The van der Waals surface area contributed by atoms with Crippen molar-refractivity contribution in [2.45, 2.75) is 6.92 Å². The molecule has 7 heteroatoms. The number of aryl methyl sites for hydroxylation is 1. The van der Waals surface area contributed by atoms with Crippen molar-refractivity contribution in [1.82, 2.24) is 9.38 Å². The van der Waals surface area contributed by atoms with Crippen LogP contribution in [0.3, 0.4) is 0 Å². The van der Waals surface area contributed by atoms with Gasteiger partial charge in [-0.1, -0.05) is 11.3 Å². The Morgan fingerprint density at radius 1 is 1.33 bits per heavy atom. The van der Waals surface area contributed by atoms with E-state index < -0.39 is 5.97 Å². The van der Waals surface area contributed by atoms with Gasteiger partial charge in [0.2, 0.25) is 0 Å². The Balaban J connectivity index is 0.00000161. The minimum absolute atomic E-state index is 0. The van der Waals surface area contributed by atoms with Gasteiger partial charge in [0, 0.05) is 17.5 Å². The van der Waals surface area contributed by atoms with Crippen LogP contribution in [0.2, 0.25) is 0 Å². The summed E-state index contributed by atoms with van der Waals surface area (Å²) in [7, 11) is 1.62. The standard InChI is InChI=1S/C14H12N2O3S.ClH/c1-8-12(13(17)18)20-14-15-11(7-16(8)14)9-3-5-10(19-2)6-4-9;/h3-7H,1-2H3,(H,17,18);1H. The Bertz CT molecular complexity index is 793. The molecule has 0 aliphatic heterocycles. The van der Waals surface area contributed by atoms with Crippen LogP contribution in [-0.4, -0.2) is 27.6 Å². The minimum Gasteiger partial charge on any atom is -0.497 e. The number of thiazole rings is 1. The second kappa shape index (κ2) is 5.75. The highest BCUT2D eigenvalue weighted by molar-refractivity contribution is 7.19. The maximum atomic E-state index is 11.1. The molecule has 0 unspecified atom stereocenters. The van der Waals surface area contributed by atoms with Gasteiger partial charge in [-0.15, -0.1) is 12.4 Å². The average Bonchev–Trinajstić information content (AvgIpc) is 2.99. The normalized spacial score (nSPS) is 10.4. The number of fused-ring (bicyclic) bond motifs is 1. The van der Waals surface area contributed by atoms with Gasteiger partial charge in [0.15, 0.2) is 4.96 Å². The van der Waals surface area contributed by atoms with Gasteiger partial charge in [-0.05, 0) is 31.2 Å². The van der Waals surface area contributed by atoms with Crippen LogP contribution < -0.4 is 4.74 Å². The molecule has 0 amide bonds. The fraction of sp³-hybridized carbons (Fsp3) is 0.143. The van der Waals surface area contributed by atoms with Gasteiger partial charge in [0.1, 0.15) is 10.6 Å². The average molecular weight is 325 g/mol. The second-order valence-electron chi connectivity index (χ2n) is 4.33. The summed E-state index contributed by atoms with van der Waals surface area (Å²) in [4.78, 5) is 16.6. The number of ether oxygens (including phenoxy) is 1. The van der Waals surface area contributed by atoms with E-state index in [-0.39, 0.29) is 12.4 Å². The van der Waals surface area contributed by atoms with E-state index in [0.717, 1.165) is 17.0 Å². The molecule has 1 N–H and O–H groups in total. The van der Waals surface area contributed by atoms with Crippen molar-refractivity contribution in [3.8, 4) is 17.0 Å². The largest absolute Gasteiger partial charge is 0.497 e. The molecule has 0 fully saturated rings. The van der Waals surface area contributed by atoms with Crippen LogP contribution in [-0.2, 0) is 0 Å². The van der Waals surface area contributed by atoms with Gasteiger partial charge in [0.25, 0.3) is 0 Å². The highest BCUT2D eigenvalue weighted by Crippen LogP contribution is 2.27. The van der Waals surface area contributed by atoms with Crippen LogP contribution in [0.1, 0.15) is 15.4 Å². The van der Waals surface area contributed by atoms with Crippen LogP contribution in [0.4, 0.5) is 0 Å². The van der Waals surface area contributed by atoms with E-state index in [1.165, 1.54) is 11.3 Å². The van der Waals surface area contributed by atoms with Crippen molar-refractivity contribution in [3.63, 3.8) is 0 Å². The Kier molecular flexibility index (Phi) is 4.20. The molecule has 2 heterocycles. The van der Waals surface area contributed by atoms with Crippen molar-refractivity contribution in [2.24, 2.45) is 0 Å². The summed E-state index contributed by atoms with van der Waals surface area (Å²) in [6.45, 7) is 1.78. The zero-order chi connectivity index (χ0) is 14.3. The number of imidazole rings is 1. The third-order valence-electron chi connectivity index (χ3n) is 3.14. The van der Waals surface area contributed by atoms with Crippen LogP contribution >= 0.6 is 23.7 Å². The smallest absolute Gasteiger partial charge is 0.347 e. The molecule has 0 aliphatic carbocycles. The summed E-state index contributed by atoms with van der Waals surface area (Å²) in [6, 6.07) is 7.61. The van der Waals surface area contributed by atoms with E-state index in [2.05, 4.69) is 4.98 Å². The first-order valence-electron chi connectivity index (χ1n) is 5.96. The molecule has 0 atom stereocenters. The molecule has 0 saturated carbocycles. The molecule has 3 rings (SSSR count). The number of aromatic nitrogens is 2. The molecular weight excluding hydrogens is 312 g/mol. The molecule has 21 heavy (non-hydrogen) atoms. The summed E-state index contributed by atoms with van der Waals surface area (Å²) in [5.41, 5.74) is 2.49. The molecule has 110 valence electrons. The van der Waals surface area contributed by atoms with Crippen LogP contribution in [0.15, 0.2) is 30.5 Å². The number of hydrogen-bond donors (Lipinski definition) is 1. The SMILES string of the molecule is COc1ccc(-c2cn3c(C)c(C(=O)O)sc3n2)cc1.Cl.